The van der Waals surface area contributed by atoms with Crippen LogP contribution in [0.4, 0.5) is 0 Å². The van der Waals surface area contributed by atoms with Gasteiger partial charge in [0.15, 0.2) is 0 Å². The van der Waals surface area contributed by atoms with Crippen molar-refractivity contribution in [3.63, 3.8) is 0 Å². The highest BCUT2D eigenvalue weighted by Gasteiger charge is 2.34. The van der Waals surface area contributed by atoms with Crippen LogP contribution < -0.4 is 5.73 Å². The Bertz CT molecular complexity index is 426. The molecule has 0 amide bonds. The van der Waals surface area contributed by atoms with Crippen LogP contribution >= 0.6 is 0 Å². The van der Waals surface area contributed by atoms with Crippen LogP contribution in [0.2, 0.25) is 0 Å². The maximum absolute atomic E-state index is 6.23. The van der Waals surface area contributed by atoms with E-state index in [0.717, 1.165) is 6.42 Å². The number of aromatic nitrogens is 1. The Balaban J connectivity index is 1.93. The summed E-state index contributed by atoms with van der Waals surface area (Å²) >= 11 is 0. The number of aryl methyl sites for hydroxylation is 1. The molecule has 1 aromatic rings. The SMILES string of the molecule is Cc1cc2c(n1CC1(C)CCC1)CCCC2N. The summed E-state index contributed by atoms with van der Waals surface area (Å²) in [5.74, 6) is 0. The Morgan fingerprint density at radius 1 is 1.41 bits per heavy atom. The van der Waals surface area contributed by atoms with Crippen molar-refractivity contribution < 1.29 is 0 Å². The Kier molecular flexibility index (Phi) is 2.58. The number of rotatable bonds is 2. The van der Waals surface area contributed by atoms with Gasteiger partial charge < -0.3 is 10.3 Å². The van der Waals surface area contributed by atoms with Gasteiger partial charge >= 0.3 is 0 Å². The normalized spacial score (nSPS) is 26.4. The quantitative estimate of drug-likeness (QED) is 0.833. The second-order valence-electron chi connectivity index (χ2n) is 6.44. The van der Waals surface area contributed by atoms with E-state index in [1.807, 2.05) is 0 Å². The molecule has 0 aromatic carbocycles. The van der Waals surface area contributed by atoms with Crippen molar-refractivity contribution in [3.05, 3.63) is 23.0 Å². The first-order valence-electron chi connectivity index (χ1n) is 7.04. The second-order valence-corrected chi connectivity index (χ2v) is 6.44. The van der Waals surface area contributed by atoms with Crippen LogP contribution in [0.3, 0.4) is 0 Å². The molecular formula is C15H24N2. The standard InChI is InChI=1S/C15H24N2/c1-11-9-12-13(16)5-3-6-14(12)17(11)10-15(2)7-4-8-15/h9,13H,3-8,10,16H2,1-2H3. The molecule has 2 aliphatic carbocycles. The van der Waals surface area contributed by atoms with Gasteiger partial charge in [0.25, 0.3) is 0 Å². The lowest BCUT2D eigenvalue weighted by Crippen LogP contribution is -2.32. The Hall–Kier alpha value is -0.760. The van der Waals surface area contributed by atoms with E-state index < -0.39 is 0 Å². The minimum atomic E-state index is 0.285. The van der Waals surface area contributed by atoms with Crippen LogP contribution in [0, 0.1) is 12.3 Å². The fourth-order valence-corrected chi connectivity index (χ4v) is 3.54. The average Bonchev–Trinajstić information content (AvgIpc) is 2.56. The fraction of sp³-hybridized carbons (Fsp3) is 0.733. The van der Waals surface area contributed by atoms with E-state index in [-0.39, 0.29) is 6.04 Å². The smallest absolute Gasteiger partial charge is 0.0313 e. The number of hydrogen-bond donors (Lipinski definition) is 1. The predicted octanol–water partition coefficient (Wildman–Crippen LogP) is 3.32. The molecule has 17 heavy (non-hydrogen) atoms. The van der Waals surface area contributed by atoms with E-state index >= 15 is 0 Å². The van der Waals surface area contributed by atoms with Crippen molar-refractivity contribution >= 4 is 0 Å². The Morgan fingerprint density at radius 3 is 2.82 bits per heavy atom. The number of fused-ring (bicyclic) bond motifs is 1. The zero-order chi connectivity index (χ0) is 12.0. The molecule has 0 spiro atoms. The molecule has 0 saturated heterocycles. The van der Waals surface area contributed by atoms with Crippen molar-refractivity contribution in [3.8, 4) is 0 Å². The predicted molar refractivity (Wildman–Crippen MR) is 71.0 cm³/mol. The minimum Gasteiger partial charge on any atom is -0.348 e. The first kappa shape index (κ1) is 11.3. The molecule has 94 valence electrons. The van der Waals surface area contributed by atoms with E-state index in [0.29, 0.717) is 5.41 Å². The highest BCUT2D eigenvalue weighted by Crippen LogP contribution is 2.43. The lowest BCUT2D eigenvalue weighted by molar-refractivity contribution is 0.129. The van der Waals surface area contributed by atoms with Gasteiger partial charge in [-0.05, 0) is 56.1 Å². The van der Waals surface area contributed by atoms with Gasteiger partial charge in [0, 0.05) is 24.0 Å². The Morgan fingerprint density at radius 2 is 2.18 bits per heavy atom. The third kappa shape index (κ3) is 1.83. The van der Waals surface area contributed by atoms with Gasteiger partial charge in [-0.2, -0.15) is 0 Å². The molecule has 2 nitrogen and oxygen atoms in total. The molecule has 3 rings (SSSR count). The van der Waals surface area contributed by atoms with Crippen LogP contribution in [0.25, 0.3) is 0 Å². The topological polar surface area (TPSA) is 30.9 Å². The largest absolute Gasteiger partial charge is 0.348 e. The first-order valence-corrected chi connectivity index (χ1v) is 7.04. The van der Waals surface area contributed by atoms with Crippen molar-refractivity contribution in [1.82, 2.24) is 4.57 Å². The monoisotopic (exact) mass is 232 g/mol. The minimum absolute atomic E-state index is 0.285. The van der Waals surface area contributed by atoms with E-state index in [1.54, 1.807) is 0 Å². The van der Waals surface area contributed by atoms with E-state index in [9.17, 15) is 0 Å². The molecule has 1 aromatic heterocycles. The van der Waals surface area contributed by atoms with Crippen molar-refractivity contribution in [2.24, 2.45) is 11.1 Å². The van der Waals surface area contributed by atoms with Crippen LogP contribution in [-0.4, -0.2) is 4.57 Å². The molecule has 2 aliphatic rings. The van der Waals surface area contributed by atoms with E-state index in [4.69, 9.17) is 5.73 Å². The molecule has 1 unspecified atom stereocenters. The second kappa shape index (κ2) is 3.88. The number of nitrogens with zero attached hydrogens (tertiary/aromatic N) is 1. The summed E-state index contributed by atoms with van der Waals surface area (Å²) in [6.45, 7) is 5.89. The summed E-state index contributed by atoms with van der Waals surface area (Å²) in [6, 6.07) is 2.62. The fourth-order valence-electron chi connectivity index (χ4n) is 3.54. The zero-order valence-electron chi connectivity index (χ0n) is 11.1. The molecule has 1 heterocycles. The molecular weight excluding hydrogens is 208 g/mol. The maximum atomic E-state index is 6.23. The first-order chi connectivity index (χ1) is 8.09. The zero-order valence-corrected chi connectivity index (χ0v) is 11.1. The summed E-state index contributed by atoms with van der Waals surface area (Å²) in [4.78, 5) is 0. The molecule has 1 fully saturated rings. The molecule has 0 radical (unpaired) electrons. The van der Waals surface area contributed by atoms with Crippen LogP contribution in [-0.2, 0) is 13.0 Å². The van der Waals surface area contributed by atoms with Gasteiger partial charge in [0.05, 0.1) is 0 Å². The van der Waals surface area contributed by atoms with Crippen molar-refractivity contribution in [2.75, 3.05) is 0 Å². The van der Waals surface area contributed by atoms with Gasteiger partial charge in [0.2, 0.25) is 0 Å². The lowest BCUT2D eigenvalue weighted by Gasteiger charge is -2.40. The summed E-state index contributed by atoms with van der Waals surface area (Å²) in [7, 11) is 0. The highest BCUT2D eigenvalue weighted by molar-refractivity contribution is 5.32. The highest BCUT2D eigenvalue weighted by atomic mass is 15.0. The maximum Gasteiger partial charge on any atom is 0.0313 e. The lowest BCUT2D eigenvalue weighted by atomic mass is 9.70. The van der Waals surface area contributed by atoms with Crippen LogP contribution in [0.15, 0.2) is 6.07 Å². The third-order valence-electron chi connectivity index (χ3n) is 4.88. The van der Waals surface area contributed by atoms with Crippen LogP contribution in [0.5, 0.6) is 0 Å². The number of hydrogen-bond acceptors (Lipinski definition) is 1. The van der Waals surface area contributed by atoms with Gasteiger partial charge in [-0.1, -0.05) is 13.3 Å². The Labute approximate surface area is 104 Å². The van der Waals surface area contributed by atoms with Crippen molar-refractivity contribution in [2.45, 2.75) is 65.0 Å². The van der Waals surface area contributed by atoms with E-state index in [2.05, 4.69) is 24.5 Å². The molecule has 0 aliphatic heterocycles. The summed E-state index contributed by atoms with van der Waals surface area (Å²) < 4.78 is 2.56. The number of nitrogens with two attached hydrogens (primary N) is 1. The van der Waals surface area contributed by atoms with E-state index in [1.165, 1.54) is 55.6 Å². The summed E-state index contributed by atoms with van der Waals surface area (Å²) in [5, 5.41) is 0. The van der Waals surface area contributed by atoms with Gasteiger partial charge in [0.1, 0.15) is 0 Å². The molecule has 2 N–H and O–H groups in total. The summed E-state index contributed by atoms with van der Waals surface area (Å²) in [5.41, 5.74) is 11.2. The average molecular weight is 232 g/mol. The third-order valence-corrected chi connectivity index (χ3v) is 4.88. The molecule has 2 heteroatoms. The molecule has 1 atom stereocenters. The van der Waals surface area contributed by atoms with Crippen molar-refractivity contribution in [1.29, 1.82) is 0 Å². The van der Waals surface area contributed by atoms with Crippen LogP contribution in [0.1, 0.15) is 62.0 Å². The van der Waals surface area contributed by atoms with Gasteiger partial charge in [-0.25, -0.2) is 0 Å². The van der Waals surface area contributed by atoms with Gasteiger partial charge in [-0.3, -0.25) is 0 Å². The summed E-state index contributed by atoms with van der Waals surface area (Å²) in [6.07, 6.45) is 7.85. The molecule has 1 saturated carbocycles. The van der Waals surface area contributed by atoms with Gasteiger partial charge in [-0.15, -0.1) is 0 Å². The molecule has 0 bridgehead atoms.